The van der Waals surface area contributed by atoms with Crippen molar-refractivity contribution in [2.45, 2.75) is 6.04 Å². The highest BCUT2D eigenvalue weighted by atomic mass is 32.1. The number of carbonyl (C=O) groups is 2. The van der Waals surface area contributed by atoms with Crippen molar-refractivity contribution in [2.24, 2.45) is 0 Å². The van der Waals surface area contributed by atoms with Gasteiger partial charge in [-0.3, -0.25) is 9.59 Å². The number of hydrogen-bond donors (Lipinski definition) is 2. The van der Waals surface area contributed by atoms with Gasteiger partial charge < -0.3 is 15.5 Å². The molecule has 2 N–H and O–H groups in total. The van der Waals surface area contributed by atoms with E-state index in [1.165, 1.54) is 11.3 Å². The first-order valence-electron chi connectivity index (χ1n) is 8.98. The van der Waals surface area contributed by atoms with Crippen LogP contribution in [0, 0.1) is 0 Å². The van der Waals surface area contributed by atoms with Gasteiger partial charge in [0.1, 0.15) is 0 Å². The molecule has 0 fully saturated rings. The Bertz CT molecular complexity index is 907. The molecule has 28 heavy (non-hydrogen) atoms. The maximum absolute atomic E-state index is 12.7. The van der Waals surface area contributed by atoms with Crippen molar-refractivity contribution in [1.29, 1.82) is 0 Å². The second-order valence-electron chi connectivity index (χ2n) is 6.71. The fraction of sp³-hybridized carbons (Fsp3) is 0.182. The van der Waals surface area contributed by atoms with E-state index in [1.807, 2.05) is 60.8 Å². The summed E-state index contributed by atoms with van der Waals surface area (Å²) in [7, 11) is 3.96. The van der Waals surface area contributed by atoms with Crippen LogP contribution in [-0.2, 0) is 0 Å². The van der Waals surface area contributed by atoms with E-state index < -0.39 is 0 Å². The van der Waals surface area contributed by atoms with Crippen LogP contribution >= 0.6 is 11.3 Å². The first-order chi connectivity index (χ1) is 13.5. The predicted octanol–water partition coefficient (Wildman–Crippen LogP) is 4.03. The number of nitrogens with zero attached hydrogens (tertiary/aromatic N) is 1. The number of nitrogens with one attached hydrogen (secondary N) is 2. The molecule has 0 aliphatic rings. The van der Waals surface area contributed by atoms with Crippen LogP contribution in [-0.4, -0.2) is 37.4 Å². The van der Waals surface area contributed by atoms with Crippen molar-refractivity contribution >= 4 is 28.8 Å². The quantitative estimate of drug-likeness (QED) is 0.637. The third-order valence-corrected chi connectivity index (χ3v) is 5.07. The summed E-state index contributed by atoms with van der Waals surface area (Å²) in [6, 6.07) is 20.3. The number of likely N-dealkylation sites (N-methyl/N-ethyl adjacent to an activating group) is 1. The Hall–Kier alpha value is -2.96. The van der Waals surface area contributed by atoms with E-state index in [4.69, 9.17) is 0 Å². The molecule has 5 nitrogen and oxygen atoms in total. The van der Waals surface area contributed by atoms with E-state index in [2.05, 4.69) is 10.6 Å². The number of anilines is 1. The molecule has 0 radical (unpaired) electrons. The average molecular weight is 394 g/mol. The Morgan fingerprint density at radius 2 is 1.64 bits per heavy atom. The molecule has 2 amide bonds. The molecule has 0 aliphatic heterocycles. The van der Waals surface area contributed by atoms with Gasteiger partial charge in [0.15, 0.2) is 0 Å². The summed E-state index contributed by atoms with van der Waals surface area (Å²) < 4.78 is 0. The highest BCUT2D eigenvalue weighted by Gasteiger charge is 2.16. The summed E-state index contributed by atoms with van der Waals surface area (Å²) in [5.41, 5.74) is 2.26. The monoisotopic (exact) mass is 393 g/mol. The van der Waals surface area contributed by atoms with Gasteiger partial charge in [-0.2, -0.15) is 0 Å². The number of hydrogen-bond acceptors (Lipinski definition) is 4. The van der Waals surface area contributed by atoms with Crippen molar-refractivity contribution in [3.63, 3.8) is 0 Å². The summed E-state index contributed by atoms with van der Waals surface area (Å²) in [5.74, 6) is -0.297. The molecular weight excluding hydrogens is 370 g/mol. The first-order valence-corrected chi connectivity index (χ1v) is 9.86. The van der Waals surface area contributed by atoms with Crippen LogP contribution in [0.1, 0.15) is 31.6 Å². The predicted molar refractivity (Wildman–Crippen MR) is 114 cm³/mol. The van der Waals surface area contributed by atoms with Crippen LogP contribution in [0.25, 0.3) is 0 Å². The van der Waals surface area contributed by atoms with Crippen molar-refractivity contribution in [2.75, 3.05) is 26.0 Å². The minimum Gasteiger partial charge on any atom is -0.344 e. The number of rotatable bonds is 7. The average Bonchev–Trinajstić information content (AvgIpc) is 3.23. The van der Waals surface area contributed by atoms with Gasteiger partial charge in [0.25, 0.3) is 11.8 Å². The van der Waals surface area contributed by atoms with Crippen LogP contribution in [0.5, 0.6) is 0 Å². The highest BCUT2D eigenvalue weighted by Crippen LogP contribution is 2.17. The van der Waals surface area contributed by atoms with Gasteiger partial charge in [0.2, 0.25) is 0 Å². The zero-order valence-corrected chi connectivity index (χ0v) is 16.7. The highest BCUT2D eigenvalue weighted by molar-refractivity contribution is 7.12. The summed E-state index contributed by atoms with van der Waals surface area (Å²) in [4.78, 5) is 27.5. The zero-order valence-electron chi connectivity index (χ0n) is 15.9. The maximum atomic E-state index is 12.7. The van der Waals surface area contributed by atoms with Gasteiger partial charge in [-0.05, 0) is 55.4 Å². The van der Waals surface area contributed by atoms with Crippen LogP contribution < -0.4 is 10.6 Å². The number of carbonyl (C=O) groups excluding carboxylic acids is 2. The third-order valence-electron chi connectivity index (χ3n) is 4.20. The molecule has 1 heterocycles. The molecule has 0 saturated heterocycles. The minimum atomic E-state index is -0.151. The van der Waals surface area contributed by atoms with E-state index in [0.717, 1.165) is 5.56 Å². The van der Waals surface area contributed by atoms with E-state index in [0.29, 0.717) is 22.7 Å². The van der Waals surface area contributed by atoms with Crippen molar-refractivity contribution in [3.8, 4) is 0 Å². The molecule has 2 aromatic carbocycles. The minimum absolute atomic E-state index is 0.109. The fourth-order valence-corrected chi connectivity index (χ4v) is 3.45. The van der Waals surface area contributed by atoms with Gasteiger partial charge in [-0.1, -0.05) is 36.4 Å². The molecule has 0 saturated carbocycles. The lowest BCUT2D eigenvalue weighted by Gasteiger charge is -2.23. The molecule has 1 aromatic heterocycles. The molecule has 0 bridgehead atoms. The Morgan fingerprint density at radius 1 is 0.929 bits per heavy atom. The van der Waals surface area contributed by atoms with E-state index in [-0.39, 0.29) is 17.9 Å². The normalized spacial score (nSPS) is 11.8. The topological polar surface area (TPSA) is 61.4 Å². The number of benzene rings is 2. The van der Waals surface area contributed by atoms with Crippen LogP contribution in [0.3, 0.4) is 0 Å². The van der Waals surface area contributed by atoms with Crippen molar-refractivity contribution < 1.29 is 9.59 Å². The Labute approximate surface area is 169 Å². The largest absolute Gasteiger partial charge is 0.344 e. The van der Waals surface area contributed by atoms with Gasteiger partial charge in [0, 0.05) is 17.8 Å². The molecule has 0 spiro atoms. The molecule has 144 valence electrons. The van der Waals surface area contributed by atoms with E-state index >= 15 is 0 Å². The summed E-state index contributed by atoms with van der Waals surface area (Å²) in [6.07, 6.45) is 0. The van der Waals surface area contributed by atoms with Gasteiger partial charge >= 0.3 is 0 Å². The number of thiophene rings is 1. The second kappa shape index (κ2) is 9.30. The summed E-state index contributed by atoms with van der Waals surface area (Å²) in [6.45, 7) is 0.699. The third kappa shape index (κ3) is 5.28. The van der Waals surface area contributed by atoms with Crippen molar-refractivity contribution in [3.05, 3.63) is 88.1 Å². The lowest BCUT2D eigenvalue weighted by atomic mass is 10.1. The zero-order chi connectivity index (χ0) is 19.9. The summed E-state index contributed by atoms with van der Waals surface area (Å²) in [5, 5.41) is 7.79. The molecule has 0 unspecified atom stereocenters. The standard InChI is InChI=1S/C22H23N3O2S/c1-25(2)15-19(16-7-4-3-5-8-16)24-21(26)17-10-12-18(13-11-17)23-22(27)20-9-6-14-28-20/h3-14,19H,15H2,1-2H3,(H,23,27)(H,24,26)/t19-/m0/s1. The molecule has 6 heteroatoms. The van der Waals surface area contributed by atoms with Crippen LogP contribution in [0.2, 0.25) is 0 Å². The lowest BCUT2D eigenvalue weighted by Crippen LogP contribution is -2.35. The van der Waals surface area contributed by atoms with E-state index in [1.54, 1.807) is 30.3 Å². The van der Waals surface area contributed by atoms with Gasteiger partial charge in [0.05, 0.1) is 10.9 Å². The first kappa shape index (κ1) is 19.8. The van der Waals surface area contributed by atoms with Gasteiger partial charge in [-0.25, -0.2) is 0 Å². The Balaban J connectivity index is 1.66. The summed E-state index contributed by atoms with van der Waals surface area (Å²) >= 11 is 1.39. The molecule has 0 aliphatic carbocycles. The SMILES string of the molecule is CN(C)C[C@H](NC(=O)c1ccc(NC(=O)c2cccs2)cc1)c1ccccc1. The van der Waals surface area contributed by atoms with E-state index in [9.17, 15) is 9.59 Å². The second-order valence-corrected chi connectivity index (χ2v) is 7.66. The Kier molecular flexibility index (Phi) is 6.57. The van der Waals surface area contributed by atoms with Crippen LogP contribution in [0.4, 0.5) is 5.69 Å². The molecule has 1 atom stereocenters. The smallest absolute Gasteiger partial charge is 0.265 e. The van der Waals surface area contributed by atoms with Crippen LogP contribution in [0.15, 0.2) is 72.1 Å². The maximum Gasteiger partial charge on any atom is 0.265 e. The molecule has 3 rings (SSSR count). The lowest BCUT2D eigenvalue weighted by molar-refractivity contribution is 0.0929. The van der Waals surface area contributed by atoms with Crippen molar-refractivity contribution in [1.82, 2.24) is 10.2 Å². The molecule has 3 aromatic rings. The van der Waals surface area contributed by atoms with Gasteiger partial charge in [-0.15, -0.1) is 11.3 Å². The molecular formula is C22H23N3O2S. The fourth-order valence-electron chi connectivity index (χ4n) is 2.83. The number of amides is 2. The Morgan fingerprint density at radius 3 is 2.25 bits per heavy atom.